The lowest BCUT2D eigenvalue weighted by Crippen LogP contribution is -2.48. The van der Waals surface area contributed by atoms with Crippen molar-refractivity contribution in [2.75, 3.05) is 31.1 Å². The van der Waals surface area contributed by atoms with Crippen LogP contribution in [0.25, 0.3) is 5.65 Å². The molecule has 0 saturated carbocycles. The normalized spacial score (nSPS) is 16.2. The van der Waals surface area contributed by atoms with Gasteiger partial charge in [-0.1, -0.05) is 0 Å². The molecule has 0 radical (unpaired) electrons. The molecule has 1 amide bonds. The highest BCUT2D eigenvalue weighted by Gasteiger charge is 2.21. The van der Waals surface area contributed by atoms with Crippen molar-refractivity contribution in [2.45, 2.75) is 0 Å². The average molecular weight is 247 g/mol. The summed E-state index contributed by atoms with van der Waals surface area (Å²) < 4.78 is 1.72. The van der Waals surface area contributed by atoms with Crippen LogP contribution in [0.2, 0.25) is 0 Å². The minimum atomic E-state index is -0.854. The van der Waals surface area contributed by atoms with Gasteiger partial charge in [0.1, 0.15) is 5.82 Å². The Balaban J connectivity index is 1.77. The van der Waals surface area contributed by atoms with E-state index in [2.05, 4.69) is 15.0 Å². The van der Waals surface area contributed by atoms with Gasteiger partial charge in [0.05, 0.1) is 0 Å². The van der Waals surface area contributed by atoms with Crippen molar-refractivity contribution in [3.63, 3.8) is 0 Å². The van der Waals surface area contributed by atoms with Gasteiger partial charge in [0.25, 0.3) is 0 Å². The van der Waals surface area contributed by atoms with Gasteiger partial charge in [-0.2, -0.15) is 0 Å². The second-order valence-electron chi connectivity index (χ2n) is 4.18. The first-order chi connectivity index (χ1) is 8.74. The lowest BCUT2D eigenvalue weighted by atomic mass is 10.3. The van der Waals surface area contributed by atoms with E-state index in [1.807, 2.05) is 12.1 Å². The van der Waals surface area contributed by atoms with E-state index < -0.39 is 6.09 Å². The predicted octanol–water partition coefficient (Wildman–Crippen LogP) is 0.529. The maximum Gasteiger partial charge on any atom is 0.407 e. The molecule has 0 spiro atoms. The number of anilines is 1. The molecule has 2 aromatic rings. The molecule has 1 fully saturated rings. The van der Waals surface area contributed by atoms with Crippen molar-refractivity contribution in [3.8, 4) is 0 Å². The Labute approximate surface area is 103 Å². The van der Waals surface area contributed by atoms with Crippen LogP contribution in [0, 0.1) is 0 Å². The number of nitrogens with zero attached hydrogens (tertiary/aromatic N) is 5. The predicted molar refractivity (Wildman–Crippen MR) is 64.8 cm³/mol. The Morgan fingerprint density at radius 3 is 2.72 bits per heavy atom. The maximum atomic E-state index is 10.8. The second-order valence-corrected chi connectivity index (χ2v) is 4.18. The number of carbonyl (C=O) groups is 1. The van der Waals surface area contributed by atoms with Crippen LogP contribution < -0.4 is 4.90 Å². The molecule has 1 aliphatic heterocycles. The van der Waals surface area contributed by atoms with E-state index in [-0.39, 0.29) is 0 Å². The van der Waals surface area contributed by atoms with Crippen LogP contribution in [0.1, 0.15) is 0 Å². The summed E-state index contributed by atoms with van der Waals surface area (Å²) in [6.07, 6.45) is 2.65. The van der Waals surface area contributed by atoms with Gasteiger partial charge < -0.3 is 14.9 Å². The van der Waals surface area contributed by atoms with Gasteiger partial charge in [-0.05, 0) is 12.1 Å². The molecule has 3 heterocycles. The highest BCUT2D eigenvalue weighted by Crippen LogP contribution is 2.14. The number of piperazine rings is 1. The number of amides is 1. The Hall–Kier alpha value is -2.31. The molecule has 0 aliphatic carbocycles. The zero-order chi connectivity index (χ0) is 12.5. The molecule has 94 valence electrons. The fourth-order valence-corrected chi connectivity index (χ4v) is 2.10. The van der Waals surface area contributed by atoms with Crippen LogP contribution in [0.3, 0.4) is 0 Å². The highest BCUT2D eigenvalue weighted by atomic mass is 16.4. The van der Waals surface area contributed by atoms with Crippen LogP contribution in [-0.4, -0.2) is 56.9 Å². The monoisotopic (exact) mass is 247 g/mol. The minimum absolute atomic E-state index is 0.513. The first-order valence-corrected chi connectivity index (χ1v) is 5.77. The van der Waals surface area contributed by atoms with E-state index in [1.165, 1.54) is 4.90 Å². The molecular formula is C11H13N5O2. The summed E-state index contributed by atoms with van der Waals surface area (Å²) in [4.78, 5) is 18.5. The number of hydrogen-bond donors (Lipinski definition) is 1. The van der Waals surface area contributed by atoms with Gasteiger partial charge in [0, 0.05) is 38.6 Å². The molecule has 0 atom stereocenters. The van der Waals surface area contributed by atoms with Crippen LogP contribution in [0.15, 0.2) is 24.5 Å². The molecule has 3 rings (SSSR count). The van der Waals surface area contributed by atoms with E-state index in [1.54, 1.807) is 16.9 Å². The Morgan fingerprint density at radius 2 is 2.00 bits per heavy atom. The Bertz CT molecular complexity index is 574. The highest BCUT2D eigenvalue weighted by molar-refractivity contribution is 5.65. The summed E-state index contributed by atoms with van der Waals surface area (Å²) in [7, 11) is 0. The molecule has 18 heavy (non-hydrogen) atoms. The molecule has 1 N–H and O–H groups in total. The number of carboxylic acid groups (broad SMARTS) is 1. The van der Waals surface area contributed by atoms with Crippen LogP contribution in [-0.2, 0) is 0 Å². The number of imidazole rings is 1. The maximum absolute atomic E-state index is 10.8. The summed E-state index contributed by atoms with van der Waals surface area (Å²) >= 11 is 0. The fraction of sp³-hybridized carbons (Fsp3) is 0.364. The van der Waals surface area contributed by atoms with Crippen LogP contribution >= 0.6 is 0 Å². The molecule has 0 unspecified atom stereocenters. The summed E-state index contributed by atoms with van der Waals surface area (Å²) in [5.41, 5.74) is 0.808. The third-order valence-corrected chi connectivity index (χ3v) is 3.12. The standard InChI is InChI=1S/C11H13N5O2/c17-11(18)15-7-5-14(6-8-15)10-2-1-9-12-3-4-16(9)13-10/h1-4H,5-8H2,(H,17,18). The third-order valence-electron chi connectivity index (χ3n) is 3.12. The van der Waals surface area contributed by atoms with Crippen molar-refractivity contribution in [1.82, 2.24) is 19.5 Å². The SMILES string of the molecule is O=C(O)N1CCN(c2ccc3nccn3n2)CC1. The van der Waals surface area contributed by atoms with Gasteiger partial charge in [-0.15, -0.1) is 5.10 Å². The van der Waals surface area contributed by atoms with Crippen molar-refractivity contribution >= 4 is 17.6 Å². The van der Waals surface area contributed by atoms with Gasteiger partial charge in [-0.25, -0.2) is 14.3 Å². The van der Waals surface area contributed by atoms with Crippen LogP contribution in [0.4, 0.5) is 10.6 Å². The van der Waals surface area contributed by atoms with E-state index in [9.17, 15) is 4.79 Å². The Morgan fingerprint density at radius 1 is 1.22 bits per heavy atom. The second kappa shape index (κ2) is 4.17. The average Bonchev–Trinajstić information content (AvgIpc) is 2.86. The van der Waals surface area contributed by atoms with E-state index in [4.69, 9.17) is 5.11 Å². The molecule has 7 heteroatoms. The molecule has 0 bridgehead atoms. The minimum Gasteiger partial charge on any atom is -0.465 e. The first kappa shape index (κ1) is 10.8. The van der Waals surface area contributed by atoms with Crippen molar-refractivity contribution < 1.29 is 9.90 Å². The molecule has 1 saturated heterocycles. The number of hydrogen-bond acceptors (Lipinski definition) is 4. The van der Waals surface area contributed by atoms with Gasteiger partial charge in [-0.3, -0.25) is 0 Å². The summed E-state index contributed by atoms with van der Waals surface area (Å²) in [6.45, 7) is 2.36. The van der Waals surface area contributed by atoms with Gasteiger partial charge in [0.2, 0.25) is 0 Å². The Kier molecular flexibility index (Phi) is 2.51. The lowest BCUT2D eigenvalue weighted by molar-refractivity contribution is 0.142. The molecular weight excluding hydrogens is 234 g/mol. The molecule has 0 aromatic carbocycles. The number of aromatic nitrogens is 3. The topological polar surface area (TPSA) is 74.0 Å². The molecule has 1 aliphatic rings. The van der Waals surface area contributed by atoms with Crippen LogP contribution in [0.5, 0.6) is 0 Å². The van der Waals surface area contributed by atoms with E-state index >= 15 is 0 Å². The van der Waals surface area contributed by atoms with Gasteiger partial charge >= 0.3 is 6.09 Å². The van der Waals surface area contributed by atoms with Crippen molar-refractivity contribution in [2.24, 2.45) is 0 Å². The summed E-state index contributed by atoms with van der Waals surface area (Å²) in [5.74, 6) is 0.852. The quantitative estimate of drug-likeness (QED) is 0.795. The first-order valence-electron chi connectivity index (χ1n) is 5.77. The number of rotatable bonds is 1. The molecule has 2 aromatic heterocycles. The van der Waals surface area contributed by atoms with E-state index in [0.29, 0.717) is 26.2 Å². The lowest BCUT2D eigenvalue weighted by Gasteiger charge is -2.33. The summed E-state index contributed by atoms with van der Waals surface area (Å²) in [5, 5.41) is 13.3. The van der Waals surface area contributed by atoms with E-state index in [0.717, 1.165) is 11.5 Å². The van der Waals surface area contributed by atoms with Crippen molar-refractivity contribution in [1.29, 1.82) is 0 Å². The fourth-order valence-electron chi connectivity index (χ4n) is 2.10. The zero-order valence-corrected chi connectivity index (χ0v) is 9.73. The third kappa shape index (κ3) is 1.83. The zero-order valence-electron chi connectivity index (χ0n) is 9.73. The van der Waals surface area contributed by atoms with Gasteiger partial charge in [0.15, 0.2) is 5.65 Å². The number of fused-ring (bicyclic) bond motifs is 1. The molecule has 7 nitrogen and oxygen atoms in total. The largest absolute Gasteiger partial charge is 0.465 e. The smallest absolute Gasteiger partial charge is 0.407 e. The summed E-state index contributed by atoms with van der Waals surface area (Å²) in [6, 6.07) is 3.82. The van der Waals surface area contributed by atoms with Crippen molar-refractivity contribution in [3.05, 3.63) is 24.5 Å².